The van der Waals surface area contributed by atoms with Crippen molar-refractivity contribution in [1.29, 1.82) is 0 Å². The smallest absolute Gasteiger partial charge is 0.197 e. The van der Waals surface area contributed by atoms with Gasteiger partial charge in [-0.2, -0.15) is 0 Å². The molecule has 1 N–H and O–H groups in total. The zero-order chi connectivity index (χ0) is 10.7. The third-order valence-electron chi connectivity index (χ3n) is 3.18. The second-order valence-electron chi connectivity index (χ2n) is 3.93. The molecule has 1 aromatic rings. The summed E-state index contributed by atoms with van der Waals surface area (Å²) in [6.07, 6.45) is 1.28. The Labute approximate surface area is 83.1 Å². The highest BCUT2D eigenvalue weighted by Crippen LogP contribution is 2.48. The van der Waals surface area contributed by atoms with E-state index in [0.717, 1.165) is 0 Å². The fraction of sp³-hybridized carbons (Fsp3) is 0.400. The van der Waals surface area contributed by atoms with Gasteiger partial charge in [0, 0.05) is 23.2 Å². The molecule has 0 amide bonds. The SMILES string of the molecule is Fc1c(F)c(F)c2c(c1F)C1CCC2N1. The fourth-order valence-electron chi connectivity index (χ4n) is 2.55. The van der Waals surface area contributed by atoms with Crippen LogP contribution in [0.1, 0.15) is 36.1 Å². The van der Waals surface area contributed by atoms with Gasteiger partial charge in [-0.3, -0.25) is 0 Å². The monoisotopic (exact) mass is 217 g/mol. The van der Waals surface area contributed by atoms with Gasteiger partial charge in [-0.05, 0) is 12.8 Å². The van der Waals surface area contributed by atoms with Gasteiger partial charge in [0.2, 0.25) is 0 Å². The molecular formula is C10H7F4N. The van der Waals surface area contributed by atoms with Crippen molar-refractivity contribution in [3.63, 3.8) is 0 Å². The molecule has 1 aromatic carbocycles. The lowest BCUT2D eigenvalue weighted by Gasteiger charge is -2.15. The first-order valence-electron chi connectivity index (χ1n) is 4.73. The second kappa shape index (κ2) is 2.72. The average molecular weight is 217 g/mol. The van der Waals surface area contributed by atoms with E-state index < -0.39 is 23.3 Å². The minimum absolute atomic E-state index is 0.0253. The summed E-state index contributed by atoms with van der Waals surface area (Å²) >= 11 is 0. The minimum atomic E-state index is -1.71. The van der Waals surface area contributed by atoms with Crippen molar-refractivity contribution in [3.8, 4) is 0 Å². The molecule has 0 saturated carbocycles. The summed E-state index contributed by atoms with van der Waals surface area (Å²) in [5, 5.41) is 2.92. The molecule has 2 unspecified atom stereocenters. The van der Waals surface area contributed by atoms with Crippen molar-refractivity contribution < 1.29 is 17.6 Å². The molecule has 2 aliphatic heterocycles. The van der Waals surface area contributed by atoms with Crippen LogP contribution in [0.4, 0.5) is 17.6 Å². The number of rotatable bonds is 0. The van der Waals surface area contributed by atoms with E-state index in [4.69, 9.17) is 0 Å². The van der Waals surface area contributed by atoms with E-state index in [9.17, 15) is 17.6 Å². The maximum Gasteiger partial charge on any atom is 0.197 e. The Balaban J connectivity index is 2.36. The normalized spacial score (nSPS) is 27.2. The summed E-state index contributed by atoms with van der Waals surface area (Å²) in [7, 11) is 0. The molecule has 5 heteroatoms. The van der Waals surface area contributed by atoms with Crippen LogP contribution in [-0.2, 0) is 0 Å². The van der Waals surface area contributed by atoms with E-state index in [-0.39, 0.29) is 23.2 Å². The van der Waals surface area contributed by atoms with Crippen LogP contribution >= 0.6 is 0 Å². The molecule has 15 heavy (non-hydrogen) atoms. The van der Waals surface area contributed by atoms with Gasteiger partial charge in [0.05, 0.1) is 0 Å². The number of nitrogens with one attached hydrogen (secondary N) is 1. The van der Waals surface area contributed by atoms with E-state index >= 15 is 0 Å². The average Bonchev–Trinajstić information content (AvgIpc) is 2.82. The molecule has 2 aliphatic rings. The molecular weight excluding hydrogens is 210 g/mol. The maximum atomic E-state index is 13.4. The van der Waals surface area contributed by atoms with Crippen LogP contribution in [0.2, 0.25) is 0 Å². The van der Waals surface area contributed by atoms with Crippen molar-refractivity contribution in [2.75, 3.05) is 0 Å². The first-order chi connectivity index (χ1) is 7.11. The number of benzene rings is 1. The highest BCUT2D eigenvalue weighted by atomic mass is 19.2. The van der Waals surface area contributed by atoms with Crippen molar-refractivity contribution >= 4 is 0 Å². The Morgan fingerprint density at radius 2 is 1.13 bits per heavy atom. The van der Waals surface area contributed by atoms with Crippen LogP contribution in [0.3, 0.4) is 0 Å². The first-order valence-corrected chi connectivity index (χ1v) is 4.73. The van der Waals surface area contributed by atoms with Gasteiger partial charge in [-0.1, -0.05) is 0 Å². The third-order valence-corrected chi connectivity index (χ3v) is 3.18. The predicted molar refractivity (Wildman–Crippen MR) is 44.1 cm³/mol. The minimum Gasteiger partial charge on any atom is -0.303 e. The third kappa shape index (κ3) is 0.963. The van der Waals surface area contributed by atoms with Crippen molar-refractivity contribution in [2.45, 2.75) is 24.9 Å². The molecule has 2 atom stereocenters. The highest BCUT2D eigenvalue weighted by molar-refractivity contribution is 5.42. The number of hydrogen-bond acceptors (Lipinski definition) is 1. The fourth-order valence-corrected chi connectivity index (χ4v) is 2.55. The standard InChI is InChI=1S/C10H7F4N/c11-7-5-3-1-2-4(15-3)6(5)8(12)10(14)9(7)13/h3-4,15H,1-2H2. The molecule has 0 aromatic heterocycles. The van der Waals surface area contributed by atoms with Crippen LogP contribution < -0.4 is 5.32 Å². The molecule has 0 radical (unpaired) electrons. The highest BCUT2D eigenvalue weighted by Gasteiger charge is 2.43. The first kappa shape index (κ1) is 9.15. The van der Waals surface area contributed by atoms with Crippen LogP contribution in [0.5, 0.6) is 0 Å². The molecule has 0 aliphatic carbocycles. The lowest BCUT2D eigenvalue weighted by atomic mass is 9.90. The second-order valence-corrected chi connectivity index (χ2v) is 3.93. The zero-order valence-electron chi connectivity index (χ0n) is 7.58. The molecule has 0 spiro atoms. The van der Waals surface area contributed by atoms with Crippen molar-refractivity contribution in [2.24, 2.45) is 0 Å². The Kier molecular flexibility index (Phi) is 1.66. The van der Waals surface area contributed by atoms with Gasteiger partial charge in [-0.15, -0.1) is 0 Å². The lowest BCUT2D eigenvalue weighted by Crippen LogP contribution is -2.09. The summed E-state index contributed by atoms with van der Waals surface area (Å²) in [6.45, 7) is 0. The van der Waals surface area contributed by atoms with E-state index in [1.54, 1.807) is 0 Å². The van der Waals surface area contributed by atoms with Crippen LogP contribution in [-0.4, -0.2) is 0 Å². The van der Waals surface area contributed by atoms with Gasteiger partial charge in [-0.25, -0.2) is 17.6 Å². The molecule has 80 valence electrons. The van der Waals surface area contributed by atoms with Gasteiger partial charge >= 0.3 is 0 Å². The van der Waals surface area contributed by atoms with E-state index in [1.807, 2.05) is 0 Å². The van der Waals surface area contributed by atoms with Gasteiger partial charge < -0.3 is 5.32 Å². The molecule has 1 saturated heterocycles. The van der Waals surface area contributed by atoms with Crippen LogP contribution in [0, 0.1) is 23.3 Å². The van der Waals surface area contributed by atoms with Crippen molar-refractivity contribution in [1.82, 2.24) is 5.32 Å². The van der Waals surface area contributed by atoms with E-state index in [1.165, 1.54) is 0 Å². The number of halogens is 4. The summed E-state index contributed by atoms with van der Waals surface area (Å²) in [6, 6.07) is -0.732. The largest absolute Gasteiger partial charge is 0.303 e. The Hall–Kier alpha value is -1.10. The Morgan fingerprint density at radius 1 is 0.733 bits per heavy atom. The summed E-state index contributed by atoms with van der Waals surface area (Å²) in [5.41, 5.74) is -0.0506. The maximum absolute atomic E-state index is 13.4. The van der Waals surface area contributed by atoms with Crippen LogP contribution in [0.15, 0.2) is 0 Å². The van der Waals surface area contributed by atoms with E-state index in [0.29, 0.717) is 12.8 Å². The molecule has 2 heterocycles. The molecule has 1 nitrogen and oxygen atoms in total. The molecule has 3 rings (SSSR count). The molecule has 1 fully saturated rings. The van der Waals surface area contributed by atoms with E-state index in [2.05, 4.69) is 5.32 Å². The van der Waals surface area contributed by atoms with Gasteiger partial charge in [0.1, 0.15) is 0 Å². The van der Waals surface area contributed by atoms with Gasteiger partial charge in [0.15, 0.2) is 23.3 Å². The molecule has 2 bridgehead atoms. The lowest BCUT2D eigenvalue weighted by molar-refractivity contribution is 0.394. The summed E-state index contributed by atoms with van der Waals surface area (Å²) < 4.78 is 52.7. The summed E-state index contributed by atoms with van der Waals surface area (Å²) in [5.74, 6) is -5.91. The predicted octanol–water partition coefficient (Wildman–Crippen LogP) is 2.72. The number of hydrogen-bond donors (Lipinski definition) is 1. The Bertz CT molecular complexity index is 416. The number of fused-ring (bicyclic) bond motifs is 5. The van der Waals surface area contributed by atoms with Crippen LogP contribution in [0.25, 0.3) is 0 Å². The quantitative estimate of drug-likeness (QED) is 0.400. The Morgan fingerprint density at radius 3 is 1.53 bits per heavy atom. The summed E-state index contributed by atoms with van der Waals surface area (Å²) in [4.78, 5) is 0. The van der Waals surface area contributed by atoms with Crippen molar-refractivity contribution in [3.05, 3.63) is 34.4 Å². The topological polar surface area (TPSA) is 12.0 Å². The van der Waals surface area contributed by atoms with Gasteiger partial charge in [0.25, 0.3) is 0 Å². The zero-order valence-corrected chi connectivity index (χ0v) is 7.58.